The zero-order chi connectivity index (χ0) is 17.4. The van der Waals surface area contributed by atoms with Gasteiger partial charge in [-0.05, 0) is 51.5 Å². The van der Waals surface area contributed by atoms with Crippen molar-refractivity contribution >= 4 is 11.9 Å². The van der Waals surface area contributed by atoms with Crippen molar-refractivity contribution in [1.82, 2.24) is 5.32 Å². The van der Waals surface area contributed by atoms with E-state index < -0.39 is 6.10 Å². The molecule has 0 spiro atoms. The van der Waals surface area contributed by atoms with Gasteiger partial charge in [-0.2, -0.15) is 0 Å². The van der Waals surface area contributed by atoms with Crippen LogP contribution in [0, 0.1) is 5.92 Å². The van der Waals surface area contributed by atoms with Crippen LogP contribution in [0.5, 0.6) is 0 Å². The third kappa shape index (κ3) is 5.84. The molecule has 0 unspecified atom stereocenters. The molecular weight excluding hydrogens is 302 g/mol. The first-order chi connectivity index (χ1) is 11.6. The molecule has 0 fully saturated rings. The number of nitrogens with one attached hydrogen (secondary N) is 1. The lowest BCUT2D eigenvalue weighted by atomic mass is 9.95. The fourth-order valence-electron chi connectivity index (χ4n) is 2.79. The number of hydrogen-bond donors (Lipinski definition) is 1. The lowest BCUT2D eigenvalue weighted by molar-refractivity contribution is -0.159. The van der Waals surface area contributed by atoms with Gasteiger partial charge in [0.1, 0.15) is 0 Å². The summed E-state index contributed by atoms with van der Waals surface area (Å²) in [7, 11) is 0. The van der Waals surface area contributed by atoms with E-state index in [0.29, 0.717) is 6.42 Å². The minimum Gasteiger partial charge on any atom is -0.452 e. The number of carbonyl (C=O) groups excluding carboxylic acids is 2. The smallest absolute Gasteiger partial charge is 0.310 e. The number of amides is 1. The summed E-state index contributed by atoms with van der Waals surface area (Å²) in [6, 6.07) is 10.2. The van der Waals surface area contributed by atoms with Gasteiger partial charge in [-0.25, -0.2) is 0 Å². The van der Waals surface area contributed by atoms with Crippen molar-refractivity contribution in [2.45, 2.75) is 58.1 Å². The lowest BCUT2D eigenvalue weighted by Crippen LogP contribution is -2.41. The molecule has 0 bridgehead atoms. The molecule has 4 heteroatoms. The molecular formula is C20H27NO3. The van der Waals surface area contributed by atoms with E-state index in [1.807, 2.05) is 31.2 Å². The van der Waals surface area contributed by atoms with E-state index in [9.17, 15) is 9.59 Å². The number of hydrogen-bond acceptors (Lipinski definition) is 3. The Morgan fingerprint density at radius 1 is 1.21 bits per heavy atom. The Morgan fingerprint density at radius 2 is 1.96 bits per heavy atom. The summed E-state index contributed by atoms with van der Waals surface area (Å²) in [5.41, 5.74) is 1.25. The maximum absolute atomic E-state index is 12.2. The fraction of sp³-hybridized carbons (Fsp3) is 0.500. The normalized spacial score (nSPS) is 19.3. The van der Waals surface area contributed by atoms with Gasteiger partial charge in [0.15, 0.2) is 6.10 Å². The highest BCUT2D eigenvalue weighted by Crippen LogP contribution is 2.20. The molecule has 0 saturated carbocycles. The van der Waals surface area contributed by atoms with Crippen molar-refractivity contribution in [1.29, 1.82) is 0 Å². The molecule has 1 aliphatic rings. The summed E-state index contributed by atoms with van der Waals surface area (Å²) < 4.78 is 5.33. The van der Waals surface area contributed by atoms with Gasteiger partial charge >= 0.3 is 5.97 Å². The second kappa shape index (κ2) is 9.26. The Balaban J connectivity index is 1.72. The van der Waals surface area contributed by atoms with Gasteiger partial charge in [0.05, 0.1) is 5.92 Å². The molecule has 0 aromatic heterocycles. The monoisotopic (exact) mass is 329 g/mol. The van der Waals surface area contributed by atoms with Gasteiger partial charge in [0.2, 0.25) is 0 Å². The van der Waals surface area contributed by atoms with Crippen LogP contribution in [0.25, 0.3) is 0 Å². The number of carbonyl (C=O) groups is 2. The summed E-state index contributed by atoms with van der Waals surface area (Å²) in [5.74, 6) is -0.602. The maximum atomic E-state index is 12.2. The van der Waals surface area contributed by atoms with Gasteiger partial charge in [-0.3, -0.25) is 9.59 Å². The van der Waals surface area contributed by atoms with E-state index >= 15 is 0 Å². The number of allylic oxidation sites excluding steroid dienone is 2. The molecule has 3 atom stereocenters. The minimum absolute atomic E-state index is 0.0384. The number of benzene rings is 1. The molecule has 1 N–H and O–H groups in total. The number of aryl methyl sites for hydroxylation is 1. The van der Waals surface area contributed by atoms with Gasteiger partial charge in [0, 0.05) is 6.04 Å². The number of esters is 1. The predicted molar refractivity (Wildman–Crippen MR) is 94.4 cm³/mol. The van der Waals surface area contributed by atoms with Crippen molar-refractivity contribution in [2.75, 3.05) is 0 Å². The Hall–Kier alpha value is -2.10. The van der Waals surface area contributed by atoms with Crippen LogP contribution in [0.3, 0.4) is 0 Å². The zero-order valence-corrected chi connectivity index (χ0v) is 14.5. The first-order valence-corrected chi connectivity index (χ1v) is 8.76. The molecule has 4 nitrogen and oxygen atoms in total. The van der Waals surface area contributed by atoms with Crippen LogP contribution < -0.4 is 5.32 Å². The molecule has 1 aromatic rings. The Bertz CT molecular complexity index is 568. The Kier molecular flexibility index (Phi) is 7.04. The van der Waals surface area contributed by atoms with Crippen LogP contribution in [0.4, 0.5) is 0 Å². The van der Waals surface area contributed by atoms with E-state index in [1.54, 1.807) is 6.92 Å². The molecule has 0 saturated heterocycles. The molecule has 0 aliphatic heterocycles. The van der Waals surface area contributed by atoms with Crippen LogP contribution in [-0.4, -0.2) is 24.0 Å². The van der Waals surface area contributed by atoms with Crippen LogP contribution >= 0.6 is 0 Å². The minimum atomic E-state index is -0.748. The Labute approximate surface area is 144 Å². The number of ether oxygens (including phenoxy) is 1. The van der Waals surface area contributed by atoms with E-state index in [-0.39, 0.29) is 23.8 Å². The molecule has 130 valence electrons. The molecule has 0 heterocycles. The van der Waals surface area contributed by atoms with E-state index in [0.717, 1.165) is 25.7 Å². The van der Waals surface area contributed by atoms with Gasteiger partial charge < -0.3 is 10.1 Å². The second-order valence-electron chi connectivity index (χ2n) is 6.49. The molecule has 1 amide bonds. The van der Waals surface area contributed by atoms with Crippen molar-refractivity contribution in [2.24, 2.45) is 5.92 Å². The lowest BCUT2D eigenvalue weighted by Gasteiger charge is -2.21. The van der Waals surface area contributed by atoms with Crippen LogP contribution in [0.15, 0.2) is 42.5 Å². The van der Waals surface area contributed by atoms with Gasteiger partial charge in [-0.15, -0.1) is 0 Å². The van der Waals surface area contributed by atoms with Crippen molar-refractivity contribution in [3.8, 4) is 0 Å². The molecule has 0 radical (unpaired) electrons. The first kappa shape index (κ1) is 18.2. The third-order valence-corrected chi connectivity index (χ3v) is 4.36. The highest BCUT2D eigenvalue weighted by molar-refractivity contribution is 5.84. The first-order valence-electron chi connectivity index (χ1n) is 8.76. The van der Waals surface area contributed by atoms with Gasteiger partial charge in [-0.1, -0.05) is 42.5 Å². The Morgan fingerprint density at radius 3 is 2.62 bits per heavy atom. The van der Waals surface area contributed by atoms with Crippen LogP contribution in [0.1, 0.15) is 45.1 Å². The van der Waals surface area contributed by atoms with E-state index in [2.05, 4.69) is 23.5 Å². The molecule has 1 aliphatic carbocycles. The topological polar surface area (TPSA) is 55.4 Å². The highest BCUT2D eigenvalue weighted by Gasteiger charge is 2.25. The highest BCUT2D eigenvalue weighted by atomic mass is 16.5. The van der Waals surface area contributed by atoms with Crippen LogP contribution in [-0.2, 0) is 20.7 Å². The van der Waals surface area contributed by atoms with Crippen molar-refractivity contribution in [3.05, 3.63) is 48.0 Å². The van der Waals surface area contributed by atoms with Crippen LogP contribution in [0.2, 0.25) is 0 Å². The molecule has 2 rings (SSSR count). The van der Waals surface area contributed by atoms with Gasteiger partial charge in [0.25, 0.3) is 5.91 Å². The second-order valence-corrected chi connectivity index (χ2v) is 6.49. The quantitative estimate of drug-likeness (QED) is 0.616. The van der Waals surface area contributed by atoms with Crippen molar-refractivity contribution in [3.63, 3.8) is 0 Å². The summed E-state index contributed by atoms with van der Waals surface area (Å²) in [6.45, 7) is 3.61. The predicted octanol–water partition coefficient (Wildman–Crippen LogP) is 3.41. The largest absolute Gasteiger partial charge is 0.452 e. The summed E-state index contributed by atoms with van der Waals surface area (Å²) in [4.78, 5) is 24.3. The summed E-state index contributed by atoms with van der Waals surface area (Å²) in [6.07, 6.45) is 7.51. The zero-order valence-electron chi connectivity index (χ0n) is 14.5. The average molecular weight is 329 g/mol. The standard InChI is InChI=1S/C20H27NO3/c1-15(13-14-17-9-5-3-6-10-17)21-19(22)16(2)24-20(23)18-11-7-4-8-12-18/h3-7,9-10,15-16,18H,8,11-14H2,1-2H3,(H,21,22)/t15-,16+,18-/m1/s1. The van der Waals surface area contributed by atoms with Crippen molar-refractivity contribution < 1.29 is 14.3 Å². The third-order valence-electron chi connectivity index (χ3n) is 4.36. The maximum Gasteiger partial charge on any atom is 0.310 e. The fourth-order valence-corrected chi connectivity index (χ4v) is 2.79. The SMILES string of the molecule is C[C@H](CCc1ccccc1)NC(=O)[C@H](C)OC(=O)[C@@H]1CC=CCC1. The summed E-state index contributed by atoms with van der Waals surface area (Å²) >= 11 is 0. The molecule has 24 heavy (non-hydrogen) atoms. The van der Waals surface area contributed by atoms with E-state index in [1.165, 1.54) is 5.56 Å². The summed E-state index contributed by atoms with van der Waals surface area (Å²) in [5, 5.41) is 2.93. The number of rotatable bonds is 7. The molecule has 1 aromatic carbocycles. The average Bonchev–Trinajstić information content (AvgIpc) is 2.61. The van der Waals surface area contributed by atoms with E-state index in [4.69, 9.17) is 4.74 Å².